The Kier molecular flexibility index (Phi) is 15.3. The van der Waals surface area contributed by atoms with Crippen LogP contribution in [-0.2, 0) is 45.4 Å². The molecule has 362 valence electrons. The number of hydrogen-bond acceptors (Lipinski definition) is 9. The van der Waals surface area contributed by atoms with Gasteiger partial charge in [-0.05, 0) is 80.0 Å². The maximum Gasteiger partial charge on any atom is 0.407 e. The second-order valence-corrected chi connectivity index (χ2v) is 18.7. The molecule has 5 N–H and O–H groups in total. The number of aromatic nitrogens is 2. The lowest BCUT2D eigenvalue weighted by atomic mass is 9.76. The summed E-state index contributed by atoms with van der Waals surface area (Å²) in [6.45, 7) is 7.12. The zero-order valence-corrected chi connectivity index (χ0v) is 39.8. The average molecular weight is 947 g/mol. The van der Waals surface area contributed by atoms with Gasteiger partial charge < -0.3 is 40.4 Å². The van der Waals surface area contributed by atoms with E-state index in [1.807, 2.05) is 144 Å². The predicted molar refractivity (Wildman–Crippen MR) is 262 cm³/mol. The molecule has 1 aromatic heterocycles. The fourth-order valence-electron chi connectivity index (χ4n) is 8.93. The predicted octanol–water partition coefficient (Wildman–Crippen LogP) is 6.88. The van der Waals surface area contributed by atoms with Crippen molar-refractivity contribution >= 4 is 35.8 Å². The molecule has 6 aromatic rings. The van der Waals surface area contributed by atoms with Crippen LogP contribution >= 0.6 is 0 Å². The summed E-state index contributed by atoms with van der Waals surface area (Å²) in [6.07, 6.45) is 1.77. The number of carboxylic acids is 1. The fraction of sp³-hybridized carbons (Fsp3) is 0.291. The lowest BCUT2D eigenvalue weighted by Gasteiger charge is -2.39. The van der Waals surface area contributed by atoms with Crippen molar-refractivity contribution < 1.29 is 43.3 Å². The van der Waals surface area contributed by atoms with Crippen molar-refractivity contribution in [3.63, 3.8) is 0 Å². The van der Waals surface area contributed by atoms with Crippen LogP contribution in [0.25, 0.3) is 11.1 Å². The summed E-state index contributed by atoms with van der Waals surface area (Å²) in [5, 5.41) is 19.7. The van der Waals surface area contributed by atoms with Crippen LogP contribution in [0.2, 0.25) is 0 Å². The lowest BCUT2D eigenvalue weighted by Crippen LogP contribution is -2.62. The summed E-state index contributed by atoms with van der Waals surface area (Å²) in [5.74, 6) is -4.68. The normalized spacial score (nSPS) is 13.2. The smallest absolute Gasteiger partial charge is 0.407 e. The van der Waals surface area contributed by atoms with E-state index in [1.165, 1.54) is 13.8 Å². The molecule has 0 bridgehead atoms. The second-order valence-electron chi connectivity index (χ2n) is 18.7. The number of imidazole rings is 1. The number of carboxylic acid groups (broad SMARTS) is 1. The second kappa shape index (κ2) is 21.5. The number of carbonyl (C=O) groups excluding carboxylic acids is 5. The molecule has 15 nitrogen and oxygen atoms in total. The van der Waals surface area contributed by atoms with E-state index in [-0.39, 0.29) is 31.8 Å². The van der Waals surface area contributed by atoms with Gasteiger partial charge in [0.15, 0.2) is 0 Å². The number of benzene rings is 5. The molecule has 7 rings (SSSR count). The van der Waals surface area contributed by atoms with Crippen molar-refractivity contribution in [2.24, 2.45) is 0 Å². The molecule has 0 unspecified atom stereocenters. The van der Waals surface area contributed by atoms with Gasteiger partial charge >= 0.3 is 18.0 Å². The highest BCUT2D eigenvalue weighted by atomic mass is 16.6. The molecule has 1 heterocycles. The minimum absolute atomic E-state index is 0.0339. The van der Waals surface area contributed by atoms with Crippen molar-refractivity contribution in [1.29, 1.82) is 0 Å². The average Bonchev–Trinajstić information content (AvgIpc) is 3.94. The van der Waals surface area contributed by atoms with Crippen molar-refractivity contribution in [3.05, 3.63) is 186 Å². The van der Waals surface area contributed by atoms with Crippen molar-refractivity contribution in [2.45, 2.75) is 88.6 Å². The number of ether oxygens (including phenoxy) is 2. The van der Waals surface area contributed by atoms with Crippen molar-refractivity contribution in [1.82, 2.24) is 30.8 Å². The molecule has 1 aliphatic rings. The van der Waals surface area contributed by atoms with Crippen LogP contribution in [-0.4, -0.2) is 86.8 Å². The number of nitrogens with one attached hydrogen (secondary N) is 4. The number of alkyl carbamates (subject to hydrolysis) is 1. The molecule has 1 aliphatic carbocycles. The molecule has 0 saturated heterocycles. The first-order valence-electron chi connectivity index (χ1n) is 23.1. The minimum Gasteiger partial charge on any atom is -0.480 e. The molecule has 15 heteroatoms. The molecule has 0 radical (unpaired) electrons. The van der Waals surface area contributed by atoms with Gasteiger partial charge in [-0.1, -0.05) is 140 Å². The number of aliphatic carboxylic acids is 1. The maximum atomic E-state index is 14.8. The molecule has 0 aliphatic heterocycles. The van der Waals surface area contributed by atoms with Crippen LogP contribution in [0.3, 0.4) is 0 Å². The first kappa shape index (κ1) is 49.8. The van der Waals surface area contributed by atoms with E-state index in [0.29, 0.717) is 5.69 Å². The molecule has 0 fully saturated rings. The molecule has 5 aromatic carbocycles. The van der Waals surface area contributed by atoms with Crippen LogP contribution in [0.15, 0.2) is 152 Å². The van der Waals surface area contributed by atoms with E-state index in [4.69, 9.17) is 9.47 Å². The van der Waals surface area contributed by atoms with Crippen LogP contribution < -0.4 is 21.3 Å². The van der Waals surface area contributed by atoms with Gasteiger partial charge in [-0.15, -0.1) is 0 Å². The Labute approximate surface area is 407 Å². The Morgan fingerprint density at radius 1 is 0.671 bits per heavy atom. The molecule has 2 atom stereocenters. The third kappa shape index (κ3) is 11.4. The zero-order chi connectivity index (χ0) is 50.1. The fourth-order valence-corrected chi connectivity index (χ4v) is 8.93. The van der Waals surface area contributed by atoms with Gasteiger partial charge in [0.05, 0.1) is 6.33 Å². The number of carbonyl (C=O) groups is 6. The highest BCUT2D eigenvalue weighted by Crippen LogP contribution is 2.45. The topological polar surface area (TPSA) is 207 Å². The maximum absolute atomic E-state index is 14.8. The zero-order valence-electron chi connectivity index (χ0n) is 39.8. The molecule has 0 spiro atoms. The van der Waals surface area contributed by atoms with Crippen LogP contribution in [0.5, 0.6) is 0 Å². The van der Waals surface area contributed by atoms with Gasteiger partial charge in [-0.3, -0.25) is 24.0 Å². The number of esters is 1. The molecule has 70 heavy (non-hydrogen) atoms. The summed E-state index contributed by atoms with van der Waals surface area (Å²) < 4.78 is 13.3. The van der Waals surface area contributed by atoms with Gasteiger partial charge in [0.25, 0.3) is 0 Å². The summed E-state index contributed by atoms with van der Waals surface area (Å²) in [5.41, 5.74) is 3.71. The van der Waals surface area contributed by atoms with E-state index in [2.05, 4.69) is 26.3 Å². The van der Waals surface area contributed by atoms with Crippen LogP contribution in [0, 0.1) is 0 Å². The number of hydrogen-bond donors (Lipinski definition) is 5. The van der Waals surface area contributed by atoms with Gasteiger partial charge in [0.1, 0.15) is 41.9 Å². The first-order valence-corrected chi connectivity index (χ1v) is 23.1. The number of nitrogens with zero attached hydrogens (tertiary/aromatic N) is 2. The Morgan fingerprint density at radius 3 is 1.70 bits per heavy atom. The number of amides is 4. The summed E-state index contributed by atoms with van der Waals surface area (Å²) in [4.78, 5) is 85.0. The van der Waals surface area contributed by atoms with Gasteiger partial charge in [-0.25, -0.2) is 9.78 Å². The van der Waals surface area contributed by atoms with E-state index < -0.39 is 71.1 Å². The van der Waals surface area contributed by atoms with E-state index in [1.54, 1.807) is 33.3 Å². The van der Waals surface area contributed by atoms with Crippen molar-refractivity contribution in [2.75, 3.05) is 13.2 Å². The largest absolute Gasteiger partial charge is 0.480 e. The Bertz CT molecular complexity index is 2680. The highest BCUT2D eigenvalue weighted by molar-refractivity contribution is 5.96. The third-order valence-corrected chi connectivity index (χ3v) is 12.1. The Hall–Kier alpha value is -8.07. The lowest BCUT2D eigenvalue weighted by molar-refractivity contribution is -0.155. The van der Waals surface area contributed by atoms with E-state index >= 15 is 0 Å². The van der Waals surface area contributed by atoms with Gasteiger partial charge in [0.2, 0.25) is 17.7 Å². The Morgan fingerprint density at radius 2 is 1.19 bits per heavy atom. The first-order chi connectivity index (χ1) is 33.5. The van der Waals surface area contributed by atoms with E-state index in [9.17, 15) is 33.9 Å². The van der Waals surface area contributed by atoms with Crippen LogP contribution in [0.1, 0.15) is 86.9 Å². The number of fused-ring (bicyclic) bond motifs is 3. The monoisotopic (exact) mass is 946 g/mol. The van der Waals surface area contributed by atoms with Crippen LogP contribution in [0.4, 0.5) is 4.79 Å². The standard InChI is InChI=1S/C55H58N6O9/c1-53(2,3)70-48(64)30-29-45(49(65)57-33-47(62)63)58-51(67)54(4,5)60-50(66)46(59-52(68)69-34-44-42-27-17-15-25-40(42)41-26-16-18-28-43(41)44)31-39-32-56-35-61(39)55(36-19-9-6-10-20-36,37-21-11-7-12-22-37)38-23-13-8-14-24-38/h6-28,32,35,44-46H,29-31,33-34H2,1-5H3,(H,57,65)(H,58,67)(H,59,68)(H,60,66)(H,62,63)/t45-,46-/m0/s1. The molecule has 4 amide bonds. The summed E-state index contributed by atoms with van der Waals surface area (Å²) >= 11 is 0. The van der Waals surface area contributed by atoms with Gasteiger partial charge in [0, 0.05) is 30.7 Å². The summed E-state index contributed by atoms with van der Waals surface area (Å²) in [7, 11) is 0. The highest BCUT2D eigenvalue weighted by Gasteiger charge is 2.42. The van der Waals surface area contributed by atoms with E-state index in [0.717, 1.165) is 38.9 Å². The van der Waals surface area contributed by atoms with Gasteiger partial charge in [-0.2, -0.15) is 0 Å². The SMILES string of the molecule is CC(C)(C)OC(=O)CC[C@H](NC(=O)C(C)(C)NC(=O)[C@H](Cc1cncn1C(c1ccccc1)(c1ccccc1)c1ccccc1)NC(=O)OCC1c2ccccc2-c2ccccc21)C(=O)NCC(=O)O. The molecular formula is C55H58N6O9. The molecular weight excluding hydrogens is 889 g/mol. The Balaban J connectivity index is 1.21. The quantitative estimate of drug-likeness (QED) is 0.0421. The van der Waals surface area contributed by atoms with Crippen molar-refractivity contribution in [3.8, 4) is 11.1 Å². The summed E-state index contributed by atoms with van der Waals surface area (Å²) in [6, 6.07) is 42.7. The molecule has 0 saturated carbocycles. The number of rotatable bonds is 19. The minimum atomic E-state index is -1.75. The third-order valence-electron chi connectivity index (χ3n) is 12.1.